The van der Waals surface area contributed by atoms with E-state index in [1.165, 1.54) is 10.7 Å². The van der Waals surface area contributed by atoms with Gasteiger partial charge in [-0.2, -0.15) is 5.10 Å². The summed E-state index contributed by atoms with van der Waals surface area (Å²) in [6.07, 6.45) is 2.12. The number of aromatic nitrogens is 2. The Labute approximate surface area is 167 Å². The van der Waals surface area contributed by atoms with E-state index in [0.29, 0.717) is 22.1 Å². The van der Waals surface area contributed by atoms with Gasteiger partial charge < -0.3 is 10.2 Å². The maximum atomic E-state index is 14.6. The number of fused-ring (bicyclic) bond motifs is 1. The lowest BCUT2D eigenvalue weighted by atomic mass is 10.1. The number of amides is 1. The number of hydrogen-bond acceptors (Lipinski definition) is 4. The Morgan fingerprint density at radius 3 is 2.45 bits per heavy atom. The Balaban J connectivity index is 1.68. The Hall–Kier alpha value is -3.22. The molecule has 0 aliphatic carbocycles. The lowest BCUT2D eigenvalue weighted by molar-refractivity contribution is 0.102. The molecular formula is C22H23FN4O2. The van der Waals surface area contributed by atoms with Crippen LogP contribution in [0.25, 0.3) is 10.8 Å². The maximum absolute atomic E-state index is 14.6. The van der Waals surface area contributed by atoms with Crippen LogP contribution in [0.5, 0.6) is 0 Å². The Kier molecular flexibility index (Phi) is 5.05. The number of nitrogens with zero attached hydrogens (tertiary/aromatic N) is 3. The normalized spacial score (nSPS) is 14.0. The van der Waals surface area contributed by atoms with Gasteiger partial charge in [-0.15, -0.1) is 0 Å². The van der Waals surface area contributed by atoms with E-state index in [2.05, 4.69) is 10.4 Å². The van der Waals surface area contributed by atoms with Crippen molar-refractivity contribution in [2.45, 2.75) is 32.7 Å². The maximum Gasteiger partial charge on any atom is 0.276 e. The summed E-state index contributed by atoms with van der Waals surface area (Å²) in [5.74, 6) is -0.849. The van der Waals surface area contributed by atoms with Crippen LogP contribution in [0.3, 0.4) is 0 Å². The Morgan fingerprint density at radius 2 is 1.79 bits per heavy atom. The topological polar surface area (TPSA) is 67.2 Å². The summed E-state index contributed by atoms with van der Waals surface area (Å²) in [6, 6.07) is 11.4. The number of nitrogens with one attached hydrogen (secondary N) is 1. The molecule has 1 aromatic heterocycles. The van der Waals surface area contributed by atoms with Gasteiger partial charge in [-0.3, -0.25) is 9.59 Å². The van der Waals surface area contributed by atoms with Gasteiger partial charge in [-0.05, 0) is 51.0 Å². The predicted octanol–water partition coefficient (Wildman–Crippen LogP) is 3.97. The molecule has 0 spiro atoms. The van der Waals surface area contributed by atoms with Crippen molar-refractivity contribution in [3.63, 3.8) is 0 Å². The summed E-state index contributed by atoms with van der Waals surface area (Å²) in [6.45, 7) is 5.35. The largest absolute Gasteiger partial charge is 0.369 e. The molecule has 1 amide bonds. The van der Waals surface area contributed by atoms with Crippen LogP contribution in [0.1, 0.15) is 43.2 Å². The number of halogens is 1. The molecule has 1 aliphatic rings. The molecule has 3 aromatic rings. The third kappa shape index (κ3) is 3.60. The second kappa shape index (κ2) is 7.66. The highest BCUT2D eigenvalue weighted by molar-refractivity contribution is 6.11. The van der Waals surface area contributed by atoms with Crippen molar-refractivity contribution in [1.29, 1.82) is 0 Å². The first kappa shape index (κ1) is 19.1. The highest BCUT2D eigenvalue weighted by Crippen LogP contribution is 2.26. The second-order valence-corrected chi connectivity index (χ2v) is 7.55. The molecular weight excluding hydrogens is 371 g/mol. The fourth-order valence-electron chi connectivity index (χ4n) is 3.71. The average molecular weight is 394 g/mol. The van der Waals surface area contributed by atoms with Crippen LogP contribution in [-0.4, -0.2) is 28.8 Å². The molecule has 29 heavy (non-hydrogen) atoms. The second-order valence-electron chi connectivity index (χ2n) is 7.55. The third-order valence-electron chi connectivity index (χ3n) is 5.18. The van der Waals surface area contributed by atoms with E-state index in [4.69, 9.17) is 0 Å². The summed E-state index contributed by atoms with van der Waals surface area (Å²) in [4.78, 5) is 27.6. The fourth-order valence-corrected chi connectivity index (χ4v) is 3.71. The molecule has 0 saturated carbocycles. The molecule has 0 bridgehead atoms. The minimum Gasteiger partial charge on any atom is -0.369 e. The summed E-state index contributed by atoms with van der Waals surface area (Å²) in [5.41, 5.74) is 0.798. The summed E-state index contributed by atoms with van der Waals surface area (Å²) < 4.78 is 15.9. The minimum atomic E-state index is -0.482. The highest BCUT2D eigenvalue weighted by atomic mass is 19.1. The van der Waals surface area contributed by atoms with Crippen molar-refractivity contribution >= 4 is 28.1 Å². The van der Waals surface area contributed by atoms with E-state index < -0.39 is 5.91 Å². The minimum absolute atomic E-state index is 0.137. The molecule has 2 heterocycles. The van der Waals surface area contributed by atoms with Gasteiger partial charge in [0.15, 0.2) is 5.69 Å². The molecule has 6 nitrogen and oxygen atoms in total. The van der Waals surface area contributed by atoms with E-state index in [9.17, 15) is 14.0 Å². The SMILES string of the molecule is CC(C)n1nc(C(=O)Nc2ccc(N3CCCC3)c(F)c2)c2ccccc2c1=O. The van der Waals surface area contributed by atoms with E-state index in [1.807, 2.05) is 18.7 Å². The summed E-state index contributed by atoms with van der Waals surface area (Å²) in [7, 11) is 0. The number of rotatable bonds is 4. The van der Waals surface area contributed by atoms with Crippen LogP contribution in [0.15, 0.2) is 47.3 Å². The van der Waals surface area contributed by atoms with E-state index >= 15 is 0 Å². The summed E-state index contributed by atoms with van der Waals surface area (Å²) >= 11 is 0. The highest BCUT2D eigenvalue weighted by Gasteiger charge is 2.20. The molecule has 0 atom stereocenters. The Morgan fingerprint density at radius 1 is 1.10 bits per heavy atom. The van der Waals surface area contributed by atoms with Crippen molar-refractivity contribution in [2.24, 2.45) is 0 Å². The van der Waals surface area contributed by atoms with Crippen LogP contribution in [-0.2, 0) is 0 Å². The standard InChI is InChI=1S/C22H23FN4O2/c1-14(2)27-22(29)17-8-4-3-7-16(17)20(25-27)21(28)24-15-9-10-19(18(23)13-15)26-11-5-6-12-26/h3-4,7-10,13-14H,5-6,11-12H2,1-2H3,(H,24,28). The van der Waals surface area contributed by atoms with Crippen molar-refractivity contribution < 1.29 is 9.18 Å². The smallest absolute Gasteiger partial charge is 0.276 e. The number of carbonyl (C=O) groups is 1. The zero-order valence-electron chi connectivity index (χ0n) is 16.5. The van der Waals surface area contributed by atoms with Gasteiger partial charge in [0, 0.05) is 24.2 Å². The van der Waals surface area contributed by atoms with Crippen molar-refractivity contribution in [1.82, 2.24) is 9.78 Å². The van der Waals surface area contributed by atoms with Gasteiger partial charge in [0.25, 0.3) is 11.5 Å². The van der Waals surface area contributed by atoms with Crippen LogP contribution >= 0.6 is 0 Å². The van der Waals surface area contributed by atoms with E-state index in [0.717, 1.165) is 25.9 Å². The molecule has 1 saturated heterocycles. The van der Waals surface area contributed by atoms with Gasteiger partial charge in [-0.1, -0.05) is 18.2 Å². The molecule has 0 radical (unpaired) electrons. The van der Waals surface area contributed by atoms with Gasteiger partial charge in [0.2, 0.25) is 0 Å². The first-order valence-corrected chi connectivity index (χ1v) is 9.83. The number of anilines is 2. The lowest BCUT2D eigenvalue weighted by Gasteiger charge is -2.19. The van der Waals surface area contributed by atoms with Crippen LogP contribution in [0.4, 0.5) is 15.8 Å². The molecule has 150 valence electrons. The first-order chi connectivity index (χ1) is 14.0. The first-order valence-electron chi connectivity index (χ1n) is 9.83. The van der Waals surface area contributed by atoms with Gasteiger partial charge in [-0.25, -0.2) is 9.07 Å². The van der Waals surface area contributed by atoms with Crippen LogP contribution in [0.2, 0.25) is 0 Å². The zero-order chi connectivity index (χ0) is 20.5. The molecule has 1 aliphatic heterocycles. The molecule has 7 heteroatoms. The van der Waals surface area contributed by atoms with Crippen molar-refractivity contribution in [2.75, 3.05) is 23.3 Å². The lowest BCUT2D eigenvalue weighted by Crippen LogP contribution is -2.29. The predicted molar refractivity (Wildman–Crippen MR) is 112 cm³/mol. The molecule has 2 aromatic carbocycles. The number of carbonyl (C=O) groups excluding carboxylic acids is 1. The van der Waals surface area contributed by atoms with E-state index in [-0.39, 0.29) is 23.1 Å². The molecule has 0 unspecified atom stereocenters. The molecule has 1 N–H and O–H groups in total. The molecule has 1 fully saturated rings. The van der Waals surface area contributed by atoms with Crippen molar-refractivity contribution in [3.8, 4) is 0 Å². The monoisotopic (exact) mass is 394 g/mol. The number of hydrogen-bond donors (Lipinski definition) is 1. The van der Waals surface area contributed by atoms with Gasteiger partial charge in [0.05, 0.1) is 17.1 Å². The van der Waals surface area contributed by atoms with Gasteiger partial charge >= 0.3 is 0 Å². The van der Waals surface area contributed by atoms with Crippen molar-refractivity contribution in [3.05, 3.63) is 64.3 Å². The zero-order valence-corrected chi connectivity index (χ0v) is 16.5. The average Bonchev–Trinajstić information content (AvgIpc) is 3.22. The molecule has 4 rings (SSSR count). The van der Waals surface area contributed by atoms with E-state index in [1.54, 1.807) is 36.4 Å². The quantitative estimate of drug-likeness (QED) is 0.727. The fraction of sp³-hybridized carbons (Fsp3) is 0.318. The van der Waals surface area contributed by atoms with Crippen LogP contribution in [0, 0.1) is 5.82 Å². The Bertz CT molecular complexity index is 1130. The number of benzene rings is 2. The summed E-state index contributed by atoms with van der Waals surface area (Å²) in [5, 5.41) is 7.91. The van der Waals surface area contributed by atoms with Gasteiger partial charge in [0.1, 0.15) is 5.82 Å². The van der Waals surface area contributed by atoms with Crippen LogP contribution < -0.4 is 15.8 Å². The third-order valence-corrected chi connectivity index (χ3v) is 5.18.